The fourth-order valence-electron chi connectivity index (χ4n) is 0. The molecule has 0 heterocycles. The monoisotopic (exact) mass is 400 g/mol. The molecule has 0 saturated heterocycles. The van der Waals surface area contributed by atoms with Gasteiger partial charge in [-0.3, -0.25) is 8.42 Å². The topological polar surface area (TPSA) is 161 Å². The van der Waals surface area contributed by atoms with Gasteiger partial charge in [0.2, 0.25) is 0 Å². The van der Waals surface area contributed by atoms with Crippen molar-refractivity contribution in [2.75, 3.05) is 0 Å². The maximum atomic E-state index is 8.52. The predicted molar refractivity (Wildman–Crippen MR) is 30.9 cm³/mol. The van der Waals surface area contributed by atoms with Gasteiger partial charge in [-0.15, -0.1) is 0 Å². The Labute approximate surface area is 83.3 Å². The molecule has 0 aromatic heterocycles. The molecule has 8 nitrogen and oxygen atoms in total. The molecule has 2 radical (unpaired) electrons. The van der Waals surface area contributed by atoms with Gasteiger partial charge in [0.15, 0.2) is 0 Å². The fourth-order valence-corrected chi connectivity index (χ4v) is 0. The number of hydrogen-bond acceptors (Lipinski definition) is 8. The first-order chi connectivity index (χ1) is 4.00. The van der Waals surface area contributed by atoms with Crippen molar-refractivity contribution in [3.63, 3.8) is 0 Å². The fraction of sp³-hybridized carbons (Fsp3) is 0. The molecule has 0 aromatic carbocycles. The van der Waals surface area contributed by atoms with Crippen molar-refractivity contribution in [3.8, 4) is 0 Å². The van der Waals surface area contributed by atoms with E-state index < -0.39 is 19.4 Å². The molecule has 0 fully saturated rings. The minimum Gasteiger partial charge on any atom is -0.759 e. The molecule has 66 valence electrons. The van der Waals surface area contributed by atoms with Crippen LogP contribution in [0.2, 0.25) is 0 Å². The average Bonchev–Trinajstić information content (AvgIpc) is 1.12. The van der Waals surface area contributed by atoms with Crippen LogP contribution in [-0.2, 0) is 10.4 Å². The minimum atomic E-state index is -5.17. The second-order valence-corrected chi connectivity index (χ2v) is 3.02. The van der Waals surface area contributed by atoms with E-state index in [1.807, 2.05) is 0 Å². The maximum absolute atomic E-state index is 8.52. The summed E-state index contributed by atoms with van der Waals surface area (Å²) in [7, 11) is -9.78. The van der Waals surface area contributed by atoms with Gasteiger partial charge in [-0.2, -0.15) is 0 Å². The molecular weight excluding hydrogens is 395 g/mol. The van der Waals surface area contributed by atoms with Crippen LogP contribution in [0.15, 0.2) is 0 Å². The van der Waals surface area contributed by atoms with Crippen LogP contribution < -0.4 is 0 Å². The molecule has 0 aromatic rings. The first-order valence-electron chi connectivity index (χ1n) is 1.56. The van der Waals surface area contributed by atoms with Gasteiger partial charge in [0.25, 0.3) is 0 Å². The van der Waals surface area contributed by atoms with Crippen LogP contribution in [-0.4, -0.2) is 73.1 Å². The van der Waals surface area contributed by atoms with Gasteiger partial charge >= 0.3 is 36.3 Å². The third-order valence-electron chi connectivity index (χ3n) is 0. The first kappa shape index (κ1) is 17.8. The second-order valence-electron chi connectivity index (χ2n) is 1.01. The van der Waals surface area contributed by atoms with E-state index in [2.05, 4.69) is 0 Å². The molecule has 11 heteroatoms. The molecule has 0 atom stereocenters. The standard InChI is InChI=1S/H2O4S.H4O4Si.Pb/c2*1-5(2,3)4;/h(H2,1,2,3,4);1-4H;/q;;+2/p-2. The third kappa shape index (κ3) is 1180. The summed E-state index contributed by atoms with van der Waals surface area (Å²) in [5, 5.41) is 0. The number of rotatable bonds is 0. The largest absolute Gasteiger partial charge is 2.00 e. The summed E-state index contributed by atoms with van der Waals surface area (Å²) in [6, 6.07) is 0. The molecule has 0 aliphatic carbocycles. The van der Waals surface area contributed by atoms with E-state index in [4.69, 9.17) is 36.7 Å². The Morgan fingerprint density at radius 1 is 1.00 bits per heavy atom. The molecule has 4 N–H and O–H groups in total. The maximum Gasteiger partial charge on any atom is 2.00 e. The van der Waals surface area contributed by atoms with Crippen molar-refractivity contribution in [1.82, 2.24) is 0 Å². The predicted octanol–water partition coefficient (Wildman–Crippen LogP) is -4.33. The molecule has 11 heavy (non-hydrogen) atoms. The van der Waals surface area contributed by atoms with E-state index in [-0.39, 0.29) is 27.3 Å². The third-order valence-corrected chi connectivity index (χ3v) is 0. The summed E-state index contributed by atoms with van der Waals surface area (Å²) < 4.78 is 34.1. The molecular formula is H4O8PbSSi. The smallest absolute Gasteiger partial charge is 0.759 e. The summed E-state index contributed by atoms with van der Waals surface area (Å²) in [5.41, 5.74) is 0. The first-order valence-corrected chi connectivity index (χ1v) is 4.68. The van der Waals surface area contributed by atoms with Crippen molar-refractivity contribution in [2.24, 2.45) is 0 Å². The molecule has 0 amide bonds. The number of hydrogen-bond donors (Lipinski definition) is 4. The zero-order valence-electron chi connectivity index (χ0n) is 4.83. The zero-order chi connectivity index (χ0) is 9.00. The molecule has 0 saturated carbocycles. The summed E-state index contributed by atoms with van der Waals surface area (Å²) in [6.45, 7) is 0. The minimum absolute atomic E-state index is 0. The molecule has 0 bridgehead atoms. The quantitative estimate of drug-likeness (QED) is 0.181. The van der Waals surface area contributed by atoms with Crippen LogP contribution in [0.1, 0.15) is 0 Å². The molecule has 0 aliphatic rings. The van der Waals surface area contributed by atoms with Crippen molar-refractivity contribution >= 4 is 46.7 Å². The van der Waals surface area contributed by atoms with Crippen LogP contribution in [0.4, 0.5) is 0 Å². The van der Waals surface area contributed by atoms with Gasteiger partial charge in [-0.05, 0) is 0 Å². The van der Waals surface area contributed by atoms with Crippen LogP contribution in [0.25, 0.3) is 0 Å². The van der Waals surface area contributed by atoms with E-state index in [9.17, 15) is 0 Å². The second kappa shape index (κ2) is 6.37. The summed E-state index contributed by atoms with van der Waals surface area (Å²) in [6.07, 6.45) is 0. The Morgan fingerprint density at radius 2 is 1.00 bits per heavy atom. The van der Waals surface area contributed by atoms with Gasteiger partial charge in [-0.25, -0.2) is 0 Å². The van der Waals surface area contributed by atoms with Crippen LogP contribution in [0.3, 0.4) is 0 Å². The Balaban J connectivity index is -0.000000107. The summed E-state index contributed by atoms with van der Waals surface area (Å²) >= 11 is 0. The van der Waals surface area contributed by atoms with Crippen LogP contribution in [0, 0.1) is 0 Å². The Morgan fingerprint density at radius 3 is 1.00 bits per heavy atom. The van der Waals surface area contributed by atoms with Crippen molar-refractivity contribution in [2.45, 2.75) is 0 Å². The van der Waals surface area contributed by atoms with Gasteiger partial charge in [0.05, 0.1) is 0 Å². The van der Waals surface area contributed by atoms with Gasteiger partial charge in [0, 0.05) is 10.4 Å². The summed E-state index contributed by atoms with van der Waals surface area (Å²) in [5.74, 6) is 0. The Kier molecular flexibility index (Phi) is 10.3. The van der Waals surface area contributed by atoms with Gasteiger partial charge < -0.3 is 28.3 Å². The van der Waals surface area contributed by atoms with E-state index in [1.165, 1.54) is 0 Å². The molecule has 0 spiro atoms. The average molecular weight is 399 g/mol. The van der Waals surface area contributed by atoms with E-state index in [1.54, 1.807) is 0 Å². The molecule has 0 rings (SSSR count). The van der Waals surface area contributed by atoms with E-state index >= 15 is 0 Å². The normalized spacial score (nSPS) is 10.7. The van der Waals surface area contributed by atoms with Crippen molar-refractivity contribution in [1.29, 1.82) is 0 Å². The SMILES string of the molecule is O=S(=O)([O-])[O-].O[Si](O)(O)O.[Pb+2]. The zero-order valence-corrected chi connectivity index (χ0v) is 10.5. The van der Waals surface area contributed by atoms with Gasteiger partial charge in [0.1, 0.15) is 0 Å². The molecule has 0 aliphatic heterocycles. The van der Waals surface area contributed by atoms with Crippen molar-refractivity contribution in [3.05, 3.63) is 0 Å². The van der Waals surface area contributed by atoms with Gasteiger partial charge in [-0.1, -0.05) is 0 Å². The van der Waals surface area contributed by atoms with E-state index in [0.29, 0.717) is 0 Å². The Bertz CT molecular complexity index is 149. The molecule has 0 unspecified atom stereocenters. The van der Waals surface area contributed by atoms with Crippen LogP contribution >= 0.6 is 0 Å². The van der Waals surface area contributed by atoms with Crippen LogP contribution in [0.5, 0.6) is 0 Å². The van der Waals surface area contributed by atoms with Crippen molar-refractivity contribution < 1.29 is 36.7 Å². The Hall–Kier alpha value is 0.849. The summed E-state index contributed by atoms with van der Waals surface area (Å²) in [4.78, 5) is 29.3. The van der Waals surface area contributed by atoms with E-state index in [0.717, 1.165) is 0 Å².